The lowest BCUT2D eigenvalue weighted by atomic mass is 10.1. The van der Waals surface area contributed by atoms with Crippen molar-refractivity contribution in [2.24, 2.45) is 11.7 Å². The fraction of sp³-hybridized carbons (Fsp3) is 0.417. The highest BCUT2D eigenvalue weighted by Gasteiger charge is 2.15. The van der Waals surface area contributed by atoms with Crippen LogP contribution in [-0.2, 0) is 4.79 Å². The first-order valence-corrected chi connectivity index (χ1v) is 5.41. The number of rotatable bonds is 4. The van der Waals surface area contributed by atoms with Crippen molar-refractivity contribution in [2.75, 3.05) is 6.54 Å². The summed E-state index contributed by atoms with van der Waals surface area (Å²) in [7, 11) is 0. The molecule has 0 radical (unpaired) electrons. The average Bonchev–Trinajstić information content (AvgIpc) is 2.31. The van der Waals surface area contributed by atoms with Crippen LogP contribution in [0.15, 0.2) is 18.2 Å². The van der Waals surface area contributed by atoms with Gasteiger partial charge in [-0.05, 0) is 24.6 Å². The number of halogens is 3. The molecule has 0 saturated carbocycles. The van der Waals surface area contributed by atoms with Crippen molar-refractivity contribution in [1.82, 2.24) is 5.32 Å². The summed E-state index contributed by atoms with van der Waals surface area (Å²) in [5, 5.41) is 2.69. The van der Waals surface area contributed by atoms with Crippen molar-refractivity contribution >= 4 is 18.3 Å². The Hall–Kier alpha value is -1.20. The molecular weight excluding hydrogens is 262 g/mol. The normalized spacial score (nSPS) is 13.4. The Bertz CT molecular complexity index is 415. The van der Waals surface area contributed by atoms with E-state index in [1.807, 2.05) is 0 Å². The van der Waals surface area contributed by atoms with Gasteiger partial charge < -0.3 is 11.1 Å². The lowest BCUT2D eigenvalue weighted by Crippen LogP contribution is -2.34. The number of hydrogen-bond acceptors (Lipinski definition) is 2. The maximum Gasteiger partial charge on any atom is 0.224 e. The minimum Gasteiger partial charge on any atom is -0.349 e. The lowest BCUT2D eigenvalue weighted by Gasteiger charge is -2.17. The monoisotopic (exact) mass is 278 g/mol. The summed E-state index contributed by atoms with van der Waals surface area (Å²) in [4.78, 5) is 11.6. The highest BCUT2D eigenvalue weighted by Crippen LogP contribution is 2.16. The molecule has 0 heterocycles. The summed E-state index contributed by atoms with van der Waals surface area (Å²) in [6.45, 7) is 3.65. The Kier molecular flexibility index (Phi) is 6.80. The summed E-state index contributed by atoms with van der Waals surface area (Å²) in [5.41, 5.74) is 5.88. The van der Waals surface area contributed by atoms with Crippen molar-refractivity contribution in [3.05, 3.63) is 35.4 Å². The second-order valence-corrected chi connectivity index (χ2v) is 4.04. The largest absolute Gasteiger partial charge is 0.349 e. The van der Waals surface area contributed by atoms with Gasteiger partial charge in [-0.15, -0.1) is 12.4 Å². The molecule has 1 aromatic rings. The van der Waals surface area contributed by atoms with E-state index in [0.717, 1.165) is 12.1 Å². The molecule has 0 spiro atoms. The van der Waals surface area contributed by atoms with Crippen LogP contribution in [0.1, 0.15) is 25.5 Å². The number of amides is 1. The van der Waals surface area contributed by atoms with Crippen molar-refractivity contribution in [3.8, 4) is 0 Å². The maximum atomic E-state index is 13.0. The summed E-state index contributed by atoms with van der Waals surface area (Å²) < 4.78 is 25.7. The van der Waals surface area contributed by atoms with E-state index in [1.165, 1.54) is 6.07 Å². The van der Waals surface area contributed by atoms with Gasteiger partial charge in [-0.1, -0.05) is 13.0 Å². The van der Waals surface area contributed by atoms with E-state index >= 15 is 0 Å². The molecule has 2 atom stereocenters. The van der Waals surface area contributed by atoms with E-state index in [9.17, 15) is 13.6 Å². The fourth-order valence-corrected chi connectivity index (χ4v) is 1.33. The minimum atomic E-state index is -0.921. The van der Waals surface area contributed by atoms with E-state index in [2.05, 4.69) is 5.32 Å². The van der Waals surface area contributed by atoms with Gasteiger partial charge in [-0.2, -0.15) is 0 Å². The van der Waals surface area contributed by atoms with Gasteiger partial charge in [0.15, 0.2) is 11.6 Å². The van der Waals surface area contributed by atoms with E-state index in [1.54, 1.807) is 13.8 Å². The van der Waals surface area contributed by atoms with Crippen LogP contribution in [-0.4, -0.2) is 12.5 Å². The number of nitrogens with one attached hydrogen (secondary N) is 1. The third-order valence-corrected chi connectivity index (χ3v) is 2.60. The molecule has 0 aliphatic carbocycles. The minimum absolute atomic E-state index is 0. The second kappa shape index (κ2) is 7.28. The van der Waals surface area contributed by atoms with Crippen LogP contribution in [0.5, 0.6) is 0 Å². The Labute approximate surface area is 111 Å². The predicted molar refractivity (Wildman–Crippen MR) is 68.4 cm³/mol. The van der Waals surface area contributed by atoms with Crippen LogP contribution >= 0.6 is 12.4 Å². The third-order valence-electron chi connectivity index (χ3n) is 2.60. The van der Waals surface area contributed by atoms with Gasteiger partial charge in [0.1, 0.15) is 0 Å². The van der Waals surface area contributed by atoms with Crippen molar-refractivity contribution in [2.45, 2.75) is 19.9 Å². The second-order valence-electron chi connectivity index (χ2n) is 4.04. The molecule has 1 aromatic carbocycles. The van der Waals surface area contributed by atoms with E-state index in [4.69, 9.17) is 5.73 Å². The van der Waals surface area contributed by atoms with Gasteiger partial charge >= 0.3 is 0 Å². The summed E-state index contributed by atoms with van der Waals surface area (Å²) >= 11 is 0. The lowest BCUT2D eigenvalue weighted by molar-refractivity contribution is -0.124. The number of nitrogens with two attached hydrogens (primary N) is 1. The molecule has 0 fully saturated rings. The first-order valence-electron chi connectivity index (χ1n) is 5.41. The molecule has 0 aliphatic rings. The SMILES string of the molecule is CC(CN)C(=O)NC(C)c1ccc(F)c(F)c1.Cl. The van der Waals surface area contributed by atoms with E-state index < -0.39 is 11.6 Å². The van der Waals surface area contributed by atoms with Gasteiger partial charge in [0.2, 0.25) is 5.91 Å². The maximum absolute atomic E-state index is 13.0. The molecule has 1 rings (SSSR count). The van der Waals surface area contributed by atoms with Crippen LogP contribution in [0.25, 0.3) is 0 Å². The molecular formula is C12H17ClF2N2O. The van der Waals surface area contributed by atoms with E-state index in [0.29, 0.717) is 5.56 Å². The van der Waals surface area contributed by atoms with E-state index in [-0.39, 0.29) is 36.8 Å². The molecule has 0 saturated heterocycles. The highest BCUT2D eigenvalue weighted by atomic mass is 35.5. The fourth-order valence-electron chi connectivity index (χ4n) is 1.33. The molecule has 3 N–H and O–H groups in total. The first-order chi connectivity index (χ1) is 7.95. The van der Waals surface area contributed by atoms with Gasteiger partial charge in [0.25, 0.3) is 0 Å². The third kappa shape index (κ3) is 4.23. The quantitative estimate of drug-likeness (QED) is 0.887. The Morgan fingerprint density at radius 2 is 1.94 bits per heavy atom. The molecule has 3 nitrogen and oxygen atoms in total. The Morgan fingerprint density at radius 1 is 1.33 bits per heavy atom. The molecule has 2 unspecified atom stereocenters. The zero-order valence-electron chi connectivity index (χ0n) is 10.2. The van der Waals surface area contributed by atoms with Crippen molar-refractivity contribution < 1.29 is 13.6 Å². The Morgan fingerprint density at radius 3 is 2.44 bits per heavy atom. The van der Waals surface area contributed by atoms with Crippen LogP contribution < -0.4 is 11.1 Å². The van der Waals surface area contributed by atoms with Crippen LogP contribution in [0.2, 0.25) is 0 Å². The molecule has 102 valence electrons. The zero-order valence-corrected chi connectivity index (χ0v) is 11.1. The number of carbonyl (C=O) groups excluding carboxylic acids is 1. The average molecular weight is 279 g/mol. The van der Waals surface area contributed by atoms with Crippen LogP contribution in [0.4, 0.5) is 8.78 Å². The summed E-state index contributed by atoms with van der Waals surface area (Å²) in [5.74, 6) is -2.33. The molecule has 0 aromatic heterocycles. The van der Waals surface area contributed by atoms with Crippen molar-refractivity contribution in [1.29, 1.82) is 0 Å². The molecule has 0 aliphatic heterocycles. The number of carbonyl (C=O) groups is 1. The van der Waals surface area contributed by atoms with Crippen LogP contribution in [0.3, 0.4) is 0 Å². The van der Waals surface area contributed by atoms with Gasteiger partial charge in [0.05, 0.1) is 6.04 Å². The number of benzene rings is 1. The zero-order chi connectivity index (χ0) is 13.0. The number of hydrogen-bond donors (Lipinski definition) is 2. The van der Waals surface area contributed by atoms with Gasteiger partial charge in [0, 0.05) is 12.5 Å². The van der Waals surface area contributed by atoms with Crippen molar-refractivity contribution in [3.63, 3.8) is 0 Å². The molecule has 1 amide bonds. The first kappa shape index (κ1) is 16.8. The summed E-state index contributed by atoms with van der Waals surface area (Å²) in [6.07, 6.45) is 0. The van der Waals surface area contributed by atoms with Gasteiger partial charge in [-0.25, -0.2) is 8.78 Å². The smallest absolute Gasteiger partial charge is 0.224 e. The van der Waals surface area contributed by atoms with Gasteiger partial charge in [-0.3, -0.25) is 4.79 Å². The molecule has 6 heteroatoms. The highest BCUT2D eigenvalue weighted by molar-refractivity contribution is 5.85. The standard InChI is InChI=1S/C12H16F2N2O.ClH/c1-7(6-15)12(17)16-8(2)9-3-4-10(13)11(14)5-9;/h3-5,7-8H,6,15H2,1-2H3,(H,16,17);1H. The topological polar surface area (TPSA) is 55.1 Å². The summed E-state index contributed by atoms with van der Waals surface area (Å²) in [6, 6.07) is 3.18. The Balaban J connectivity index is 0.00000289. The molecule has 0 bridgehead atoms. The predicted octanol–water partition coefficient (Wildman–Crippen LogP) is 2.16. The molecule has 18 heavy (non-hydrogen) atoms. The van der Waals surface area contributed by atoms with Crippen LogP contribution in [0, 0.1) is 17.6 Å².